The molecule has 0 saturated carbocycles. The van der Waals surface area contributed by atoms with Crippen LogP contribution in [0.25, 0.3) is 0 Å². The van der Waals surface area contributed by atoms with Gasteiger partial charge in [-0.2, -0.15) is 0 Å². The van der Waals surface area contributed by atoms with E-state index in [-0.39, 0.29) is 30.4 Å². The molecule has 2 fully saturated rings. The molecule has 4 rings (SSSR count). The van der Waals surface area contributed by atoms with Gasteiger partial charge < -0.3 is 28.9 Å². The van der Waals surface area contributed by atoms with E-state index in [1.807, 2.05) is 20.8 Å². The predicted molar refractivity (Wildman–Crippen MR) is 108 cm³/mol. The zero-order valence-electron chi connectivity index (χ0n) is 17.3. The van der Waals surface area contributed by atoms with Crippen molar-refractivity contribution in [3.8, 4) is 5.75 Å². The summed E-state index contributed by atoms with van der Waals surface area (Å²) in [5.74, 6) is 0.775. The third kappa shape index (κ3) is 3.56. The number of rotatable bonds is 3. The van der Waals surface area contributed by atoms with Gasteiger partial charge in [0, 0.05) is 13.1 Å². The fourth-order valence-electron chi connectivity index (χ4n) is 4.04. The van der Waals surface area contributed by atoms with Crippen LogP contribution in [0, 0.1) is 0 Å². The van der Waals surface area contributed by atoms with Gasteiger partial charge in [0.15, 0.2) is 16.3 Å². The van der Waals surface area contributed by atoms with Gasteiger partial charge in [-0.25, -0.2) is 9.97 Å². The maximum absolute atomic E-state index is 13.1. The SMILES string of the molecule is C[C@@H]1COC[C@H]2COc3c(nc(C(=O)N4CC[C@@H](O)C4)nc3C(C)(C)[S+](C)[O-])N21. The first-order valence-electron chi connectivity index (χ1n) is 9.92. The molecule has 1 aromatic heterocycles. The number of likely N-dealkylation sites (tertiary alicyclic amines) is 1. The van der Waals surface area contributed by atoms with Crippen LogP contribution in [-0.4, -0.2) is 87.8 Å². The largest absolute Gasteiger partial charge is 0.616 e. The Morgan fingerprint density at radius 3 is 2.72 bits per heavy atom. The van der Waals surface area contributed by atoms with Crippen LogP contribution >= 0.6 is 0 Å². The number of morpholine rings is 1. The van der Waals surface area contributed by atoms with E-state index >= 15 is 0 Å². The summed E-state index contributed by atoms with van der Waals surface area (Å²) < 4.78 is 23.4. The first-order valence-corrected chi connectivity index (χ1v) is 11.5. The number of ether oxygens (including phenoxy) is 2. The first kappa shape index (κ1) is 20.6. The Morgan fingerprint density at radius 2 is 2.07 bits per heavy atom. The molecule has 1 aromatic rings. The van der Waals surface area contributed by atoms with Gasteiger partial charge in [-0.1, -0.05) is 0 Å². The smallest absolute Gasteiger partial charge is 0.291 e. The second kappa shape index (κ2) is 7.57. The molecule has 1 N–H and O–H groups in total. The Kier molecular flexibility index (Phi) is 5.39. The maximum Gasteiger partial charge on any atom is 0.291 e. The molecule has 3 aliphatic rings. The van der Waals surface area contributed by atoms with Gasteiger partial charge in [0.1, 0.15) is 12.3 Å². The molecule has 0 radical (unpaired) electrons. The summed E-state index contributed by atoms with van der Waals surface area (Å²) in [5.41, 5.74) is 0.476. The number of anilines is 1. The number of hydrogen-bond donors (Lipinski definition) is 1. The predicted octanol–water partition coefficient (Wildman–Crippen LogP) is 0.283. The second-order valence-corrected chi connectivity index (χ2v) is 10.4. The molecular formula is C19H28N4O5S. The lowest BCUT2D eigenvalue weighted by atomic mass is 10.0. The Balaban J connectivity index is 1.83. The molecule has 10 heteroatoms. The third-order valence-electron chi connectivity index (χ3n) is 5.98. The van der Waals surface area contributed by atoms with Gasteiger partial charge in [-0.3, -0.25) is 4.79 Å². The Morgan fingerprint density at radius 1 is 1.31 bits per heavy atom. The Labute approximate surface area is 173 Å². The summed E-state index contributed by atoms with van der Waals surface area (Å²) in [6.45, 7) is 7.94. The van der Waals surface area contributed by atoms with Crippen LogP contribution in [0.2, 0.25) is 0 Å². The van der Waals surface area contributed by atoms with Crippen LogP contribution in [0.4, 0.5) is 5.82 Å². The Bertz CT molecular complexity index is 805. The normalized spacial score (nSPS) is 27.9. The Hall–Kier alpha value is -1.62. The summed E-state index contributed by atoms with van der Waals surface area (Å²) in [5, 5.41) is 9.82. The number of aliphatic hydroxyl groups is 1. The number of amides is 1. The third-order valence-corrected chi connectivity index (χ3v) is 7.61. The number of aliphatic hydroxyl groups excluding tert-OH is 1. The van der Waals surface area contributed by atoms with Crippen molar-refractivity contribution in [2.24, 2.45) is 0 Å². The van der Waals surface area contributed by atoms with Crippen LogP contribution in [-0.2, 0) is 20.7 Å². The van der Waals surface area contributed by atoms with E-state index in [4.69, 9.17) is 9.47 Å². The van der Waals surface area contributed by atoms with Gasteiger partial charge in [0.2, 0.25) is 5.82 Å². The summed E-state index contributed by atoms with van der Waals surface area (Å²) in [6, 6.07) is 0.0618. The summed E-state index contributed by atoms with van der Waals surface area (Å²) >= 11 is -1.25. The molecule has 29 heavy (non-hydrogen) atoms. The maximum atomic E-state index is 13.1. The lowest BCUT2D eigenvalue weighted by Crippen LogP contribution is -2.56. The number of hydrogen-bond acceptors (Lipinski definition) is 8. The zero-order chi connectivity index (χ0) is 20.9. The summed E-state index contributed by atoms with van der Waals surface area (Å²) in [6.07, 6.45) is 1.64. The van der Waals surface area contributed by atoms with Crippen molar-refractivity contribution < 1.29 is 23.9 Å². The van der Waals surface area contributed by atoms with Crippen molar-refractivity contribution in [1.82, 2.24) is 14.9 Å². The van der Waals surface area contributed by atoms with Gasteiger partial charge >= 0.3 is 0 Å². The zero-order valence-corrected chi connectivity index (χ0v) is 18.1. The molecule has 4 atom stereocenters. The van der Waals surface area contributed by atoms with Crippen molar-refractivity contribution >= 4 is 22.9 Å². The van der Waals surface area contributed by atoms with Crippen LogP contribution in [0.1, 0.15) is 43.5 Å². The van der Waals surface area contributed by atoms with Crippen LogP contribution in [0.5, 0.6) is 5.75 Å². The summed E-state index contributed by atoms with van der Waals surface area (Å²) in [7, 11) is 0. The van der Waals surface area contributed by atoms with Crippen LogP contribution in [0.3, 0.4) is 0 Å². The van der Waals surface area contributed by atoms with Gasteiger partial charge in [0.05, 0.1) is 37.7 Å². The van der Waals surface area contributed by atoms with E-state index in [2.05, 4.69) is 14.9 Å². The van der Waals surface area contributed by atoms with Crippen molar-refractivity contribution in [2.45, 2.75) is 50.1 Å². The number of fused-ring (bicyclic) bond motifs is 3. The minimum atomic E-state index is -1.25. The van der Waals surface area contributed by atoms with E-state index in [0.29, 0.717) is 50.0 Å². The molecule has 1 amide bonds. The van der Waals surface area contributed by atoms with Crippen molar-refractivity contribution in [3.63, 3.8) is 0 Å². The molecule has 0 aromatic carbocycles. The minimum Gasteiger partial charge on any atom is -0.616 e. The highest BCUT2D eigenvalue weighted by Gasteiger charge is 2.44. The average molecular weight is 425 g/mol. The van der Waals surface area contributed by atoms with E-state index < -0.39 is 22.0 Å². The number of carbonyl (C=O) groups excluding carboxylic acids is 1. The van der Waals surface area contributed by atoms with Crippen molar-refractivity contribution in [3.05, 3.63) is 11.5 Å². The number of β-amino-alcohol motifs (C(OH)–C–C–N with tert-alkyl or cyclic N) is 1. The van der Waals surface area contributed by atoms with E-state index in [1.165, 1.54) is 0 Å². The lowest BCUT2D eigenvalue weighted by Gasteiger charge is -2.45. The number of carbonyl (C=O) groups is 1. The highest BCUT2D eigenvalue weighted by Crippen LogP contribution is 2.43. The van der Waals surface area contributed by atoms with E-state index in [9.17, 15) is 14.5 Å². The monoisotopic (exact) mass is 424 g/mol. The van der Waals surface area contributed by atoms with Gasteiger partial charge in [0.25, 0.3) is 5.91 Å². The number of nitrogens with zero attached hydrogens (tertiary/aromatic N) is 4. The fraction of sp³-hybridized carbons (Fsp3) is 0.737. The van der Waals surface area contributed by atoms with E-state index in [1.54, 1.807) is 11.2 Å². The molecule has 3 aliphatic heterocycles. The topological polar surface area (TPSA) is 111 Å². The van der Waals surface area contributed by atoms with Gasteiger partial charge in [-0.15, -0.1) is 0 Å². The quantitative estimate of drug-likeness (QED) is 0.689. The van der Waals surface area contributed by atoms with Crippen LogP contribution < -0.4 is 9.64 Å². The molecule has 9 nitrogen and oxygen atoms in total. The van der Waals surface area contributed by atoms with Crippen molar-refractivity contribution in [1.29, 1.82) is 0 Å². The van der Waals surface area contributed by atoms with Gasteiger partial charge in [-0.05, 0) is 38.4 Å². The average Bonchev–Trinajstić information content (AvgIpc) is 3.12. The molecule has 2 saturated heterocycles. The fourth-order valence-corrected chi connectivity index (χ4v) is 4.45. The van der Waals surface area contributed by atoms with Crippen molar-refractivity contribution in [2.75, 3.05) is 44.1 Å². The highest BCUT2D eigenvalue weighted by atomic mass is 32.2. The lowest BCUT2D eigenvalue weighted by molar-refractivity contribution is 0.0480. The molecule has 160 valence electrons. The molecular weight excluding hydrogens is 396 g/mol. The highest BCUT2D eigenvalue weighted by molar-refractivity contribution is 7.91. The first-order chi connectivity index (χ1) is 13.7. The summed E-state index contributed by atoms with van der Waals surface area (Å²) in [4.78, 5) is 26.0. The molecule has 0 bridgehead atoms. The molecule has 1 unspecified atom stereocenters. The minimum absolute atomic E-state index is 0.000738. The van der Waals surface area contributed by atoms with E-state index in [0.717, 1.165) is 0 Å². The second-order valence-electron chi connectivity index (χ2n) is 8.47. The number of aromatic nitrogens is 2. The standard InChI is InChI=1S/C19H28N4O5S/c1-11-8-27-9-12-10-28-14-15(19(2,3)29(4)26)20-16(21-17(14)23(11)12)18(25)22-6-5-13(24)7-22/h11-13,24H,5-10H2,1-4H3/t11-,12+,13-,29?/m1/s1. The molecule has 0 spiro atoms. The van der Waals surface area contributed by atoms with Crippen LogP contribution in [0.15, 0.2) is 0 Å². The molecule has 4 heterocycles. The molecule has 0 aliphatic carbocycles.